The van der Waals surface area contributed by atoms with Crippen molar-refractivity contribution in [2.24, 2.45) is 0 Å². The topological polar surface area (TPSA) is 68.8 Å². The first-order valence-electron chi connectivity index (χ1n) is 8.03. The molecule has 2 aromatic rings. The zero-order valence-corrected chi connectivity index (χ0v) is 16.2. The number of carbonyl (C=O) groups is 1. The van der Waals surface area contributed by atoms with Gasteiger partial charge in [0, 0.05) is 16.8 Å². The van der Waals surface area contributed by atoms with Crippen LogP contribution >= 0.6 is 11.6 Å². The van der Waals surface area contributed by atoms with Crippen molar-refractivity contribution < 1.29 is 19.0 Å². The number of rotatable bonds is 7. The zero-order chi connectivity index (χ0) is 19.3. The molecular weight excluding hydrogens is 356 g/mol. The van der Waals surface area contributed by atoms with Crippen molar-refractivity contribution in [3.05, 3.63) is 40.9 Å². The Morgan fingerprint density at radius 1 is 0.962 bits per heavy atom. The van der Waals surface area contributed by atoms with E-state index in [2.05, 4.69) is 10.6 Å². The fourth-order valence-electron chi connectivity index (χ4n) is 2.45. The minimum absolute atomic E-state index is 0.222. The van der Waals surface area contributed by atoms with Gasteiger partial charge in [0.05, 0.1) is 27.0 Å². The van der Waals surface area contributed by atoms with Crippen molar-refractivity contribution in [1.82, 2.24) is 0 Å². The van der Waals surface area contributed by atoms with Gasteiger partial charge >= 0.3 is 0 Å². The van der Waals surface area contributed by atoms with Crippen molar-refractivity contribution in [3.8, 4) is 17.2 Å². The molecule has 2 rings (SSSR count). The standard InChI is InChI=1S/C19H23ClN2O4/c1-11-8-17(25-4)18(26-5)10-14(11)21-12(2)19(23)22-15-9-13(20)6-7-16(15)24-3/h6-10,12,21H,1-5H3,(H,22,23). The summed E-state index contributed by atoms with van der Waals surface area (Å²) in [6.07, 6.45) is 0. The van der Waals surface area contributed by atoms with Gasteiger partial charge in [-0.15, -0.1) is 0 Å². The lowest BCUT2D eigenvalue weighted by Crippen LogP contribution is -2.32. The third kappa shape index (κ3) is 4.52. The third-order valence-electron chi connectivity index (χ3n) is 3.92. The van der Waals surface area contributed by atoms with Crippen molar-refractivity contribution in [2.45, 2.75) is 19.9 Å². The molecule has 0 aromatic heterocycles. The normalized spacial score (nSPS) is 11.5. The number of halogens is 1. The van der Waals surface area contributed by atoms with Gasteiger partial charge in [0.2, 0.25) is 5.91 Å². The van der Waals surface area contributed by atoms with Crippen LogP contribution in [0.5, 0.6) is 17.2 Å². The summed E-state index contributed by atoms with van der Waals surface area (Å²) < 4.78 is 15.8. The van der Waals surface area contributed by atoms with E-state index in [1.165, 1.54) is 7.11 Å². The molecule has 6 nitrogen and oxygen atoms in total. The van der Waals surface area contributed by atoms with Crippen LogP contribution in [-0.4, -0.2) is 33.3 Å². The Morgan fingerprint density at radius 3 is 2.19 bits per heavy atom. The smallest absolute Gasteiger partial charge is 0.246 e. The number of benzene rings is 2. The maximum atomic E-state index is 12.6. The van der Waals surface area contributed by atoms with Crippen molar-refractivity contribution in [1.29, 1.82) is 0 Å². The molecule has 1 amide bonds. The Bertz CT molecular complexity index is 795. The summed E-state index contributed by atoms with van der Waals surface area (Å²) in [5.41, 5.74) is 2.23. The van der Waals surface area contributed by atoms with Crippen molar-refractivity contribution in [3.63, 3.8) is 0 Å². The monoisotopic (exact) mass is 378 g/mol. The highest BCUT2D eigenvalue weighted by atomic mass is 35.5. The van der Waals surface area contributed by atoms with Crippen LogP contribution in [0.2, 0.25) is 5.02 Å². The van der Waals surface area contributed by atoms with Crippen molar-refractivity contribution in [2.75, 3.05) is 32.0 Å². The quantitative estimate of drug-likeness (QED) is 0.758. The summed E-state index contributed by atoms with van der Waals surface area (Å²) in [4.78, 5) is 12.6. The van der Waals surface area contributed by atoms with E-state index in [1.54, 1.807) is 45.4 Å². The molecule has 0 radical (unpaired) electrons. The van der Waals surface area contributed by atoms with E-state index < -0.39 is 6.04 Å². The number of carbonyl (C=O) groups excluding carboxylic acids is 1. The van der Waals surface area contributed by atoms with E-state index in [1.807, 2.05) is 13.0 Å². The first-order valence-corrected chi connectivity index (χ1v) is 8.41. The van der Waals surface area contributed by atoms with Crippen LogP contribution in [0.3, 0.4) is 0 Å². The van der Waals surface area contributed by atoms with E-state index in [4.69, 9.17) is 25.8 Å². The Hall–Kier alpha value is -2.60. The minimum Gasteiger partial charge on any atom is -0.495 e. The molecule has 7 heteroatoms. The van der Waals surface area contributed by atoms with Gasteiger partial charge in [0.25, 0.3) is 0 Å². The van der Waals surface area contributed by atoms with Gasteiger partial charge in [-0.1, -0.05) is 11.6 Å². The lowest BCUT2D eigenvalue weighted by molar-refractivity contribution is -0.116. The maximum absolute atomic E-state index is 12.6. The van der Waals surface area contributed by atoms with Gasteiger partial charge in [-0.05, 0) is 43.7 Å². The SMILES string of the molecule is COc1ccc(Cl)cc1NC(=O)C(C)Nc1cc(OC)c(OC)cc1C. The number of amides is 1. The van der Waals surface area contributed by atoms with Crippen LogP contribution in [0.1, 0.15) is 12.5 Å². The number of methoxy groups -OCH3 is 3. The predicted octanol–water partition coefficient (Wildman–Crippen LogP) is 4.11. The number of ether oxygens (including phenoxy) is 3. The van der Waals surface area contributed by atoms with E-state index in [9.17, 15) is 4.79 Å². The van der Waals surface area contributed by atoms with Crippen LogP contribution in [-0.2, 0) is 4.79 Å². The lowest BCUT2D eigenvalue weighted by atomic mass is 10.1. The highest BCUT2D eigenvalue weighted by Crippen LogP contribution is 2.33. The number of nitrogens with one attached hydrogen (secondary N) is 2. The molecule has 1 atom stereocenters. The number of aryl methyl sites for hydroxylation is 1. The second-order valence-electron chi connectivity index (χ2n) is 5.72. The van der Waals surface area contributed by atoms with Gasteiger partial charge in [0.1, 0.15) is 11.8 Å². The molecular formula is C19H23ClN2O4. The van der Waals surface area contributed by atoms with E-state index in [0.29, 0.717) is 28.0 Å². The molecule has 0 heterocycles. The average Bonchev–Trinajstić information content (AvgIpc) is 2.63. The molecule has 0 aliphatic carbocycles. The highest BCUT2D eigenvalue weighted by Gasteiger charge is 2.17. The predicted molar refractivity (Wildman–Crippen MR) is 104 cm³/mol. The third-order valence-corrected chi connectivity index (χ3v) is 4.15. The summed E-state index contributed by atoms with van der Waals surface area (Å²) in [7, 11) is 4.69. The molecule has 2 N–H and O–H groups in total. The van der Waals surface area contributed by atoms with Gasteiger partial charge in [-0.25, -0.2) is 0 Å². The summed E-state index contributed by atoms with van der Waals surface area (Å²) >= 11 is 6.00. The summed E-state index contributed by atoms with van der Waals surface area (Å²) in [6, 6.07) is 8.20. The number of anilines is 2. The van der Waals surface area contributed by atoms with Crippen molar-refractivity contribution >= 4 is 28.9 Å². The first-order chi connectivity index (χ1) is 12.4. The van der Waals surface area contributed by atoms with Gasteiger partial charge in [-0.3, -0.25) is 4.79 Å². The van der Waals surface area contributed by atoms with E-state index in [-0.39, 0.29) is 5.91 Å². The summed E-state index contributed by atoms with van der Waals surface area (Å²) in [6.45, 7) is 3.69. The Balaban J connectivity index is 2.16. The van der Waals surface area contributed by atoms with Gasteiger partial charge < -0.3 is 24.8 Å². The Kier molecular flexibility index (Phi) is 6.58. The second kappa shape index (κ2) is 8.67. The summed E-state index contributed by atoms with van der Waals surface area (Å²) in [5, 5.41) is 6.52. The van der Waals surface area contributed by atoms with Crippen LogP contribution in [0.15, 0.2) is 30.3 Å². The molecule has 140 valence electrons. The molecule has 0 aliphatic heterocycles. The second-order valence-corrected chi connectivity index (χ2v) is 6.16. The van der Waals surface area contributed by atoms with E-state index >= 15 is 0 Å². The molecule has 26 heavy (non-hydrogen) atoms. The first kappa shape index (κ1) is 19.7. The number of hydrogen-bond donors (Lipinski definition) is 2. The average molecular weight is 379 g/mol. The van der Waals surface area contributed by atoms with Crippen LogP contribution < -0.4 is 24.8 Å². The maximum Gasteiger partial charge on any atom is 0.246 e. The molecule has 0 spiro atoms. The molecule has 0 aliphatic rings. The van der Waals surface area contributed by atoms with Gasteiger partial charge in [-0.2, -0.15) is 0 Å². The molecule has 0 bridgehead atoms. The van der Waals surface area contributed by atoms with E-state index in [0.717, 1.165) is 11.3 Å². The number of hydrogen-bond acceptors (Lipinski definition) is 5. The summed E-state index contributed by atoms with van der Waals surface area (Å²) in [5.74, 6) is 1.54. The zero-order valence-electron chi connectivity index (χ0n) is 15.5. The van der Waals surface area contributed by atoms with Gasteiger partial charge in [0.15, 0.2) is 11.5 Å². The molecule has 0 saturated carbocycles. The largest absolute Gasteiger partial charge is 0.495 e. The van der Waals surface area contributed by atoms with Crippen LogP contribution in [0.25, 0.3) is 0 Å². The van der Waals surface area contributed by atoms with Crippen LogP contribution in [0, 0.1) is 6.92 Å². The molecule has 2 aromatic carbocycles. The fraction of sp³-hybridized carbons (Fsp3) is 0.316. The lowest BCUT2D eigenvalue weighted by Gasteiger charge is -2.19. The minimum atomic E-state index is -0.504. The Labute approximate surface area is 158 Å². The Morgan fingerprint density at radius 2 is 1.58 bits per heavy atom. The molecule has 1 unspecified atom stereocenters. The fourth-order valence-corrected chi connectivity index (χ4v) is 2.63. The van der Waals surface area contributed by atoms with Crippen LogP contribution in [0.4, 0.5) is 11.4 Å². The highest BCUT2D eigenvalue weighted by molar-refractivity contribution is 6.31. The molecule has 0 fully saturated rings. The molecule has 0 saturated heterocycles.